The van der Waals surface area contributed by atoms with Crippen molar-refractivity contribution in [3.63, 3.8) is 0 Å². The molecule has 4 aromatic carbocycles. The molecule has 0 saturated carbocycles. The fraction of sp³-hybridized carbons (Fsp3) is 0. The zero-order valence-electron chi connectivity index (χ0n) is 21.3. The van der Waals surface area contributed by atoms with Gasteiger partial charge in [0, 0.05) is 16.2 Å². The van der Waals surface area contributed by atoms with Gasteiger partial charge in [0.05, 0.1) is 40.5 Å². The van der Waals surface area contributed by atoms with E-state index in [-0.39, 0.29) is 0 Å². The molecule has 0 bridgehead atoms. The van der Waals surface area contributed by atoms with Crippen LogP contribution < -0.4 is 5.10 Å². The molecule has 0 spiro atoms. The smallest absolute Gasteiger partial charge is 0.200 e. The Bertz CT molecular complexity index is 1500. The molecule has 8 aromatic rings. The van der Waals surface area contributed by atoms with Crippen molar-refractivity contribution in [3.8, 4) is 0 Å². The molecule has 212 valence electrons. The molecular formula is C28H25Cl4N8Ru+. The van der Waals surface area contributed by atoms with Crippen LogP contribution in [0.15, 0.2) is 122 Å². The van der Waals surface area contributed by atoms with E-state index in [2.05, 4.69) is 46.9 Å². The maximum atomic E-state index is 5.00. The topological polar surface area (TPSA) is 116 Å². The standard InChI is InChI=1S/4C7H6N2.4ClH.Ru/c4*1-2-4-7-6(3-1)5-8-9-7;;;;;/h4*1-5H,(H,8,9);4*1H;/q;;;;;;;;+4/p-3. The SMILES string of the molecule is [Cl][Ru]([Cl])([Cl])[Cl].c1ccc2[nH][nH+]cc2c1.c1ccc2[nH]ncc2c1.c1ccc2[nH]ncc2c1.c1ccc2[nH]ncc2c1. The second-order valence-electron chi connectivity index (χ2n) is 8.18. The fourth-order valence-electron chi connectivity index (χ4n) is 3.58. The molecule has 0 aliphatic heterocycles. The number of hydrogen-bond donors (Lipinski definition) is 4. The van der Waals surface area contributed by atoms with E-state index >= 15 is 0 Å². The average molecular weight is 716 g/mol. The molecule has 0 aliphatic rings. The Balaban J connectivity index is 0.000000120. The van der Waals surface area contributed by atoms with E-state index in [4.69, 9.17) is 38.8 Å². The van der Waals surface area contributed by atoms with Crippen LogP contribution in [0.3, 0.4) is 0 Å². The van der Waals surface area contributed by atoms with E-state index in [1.165, 1.54) is 5.39 Å². The molecule has 8 rings (SSSR count). The minimum atomic E-state index is -2.97. The largest absolute Gasteiger partial charge is 0.278 e. The second kappa shape index (κ2) is 15.5. The zero-order chi connectivity index (χ0) is 28.9. The normalized spacial score (nSPS) is 10.8. The van der Waals surface area contributed by atoms with Crippen molar-refractivity contribution < 1.29 is 15.9 Å². The monoisotopic (exact) mass is 715 g/mol. The predicted molar refractivity (Wildman–Crippen MR) is 167 cm³/mol. The van der Waals surface area contributed by atoms with Crippen molar-refractivity contribution in [2.75, 3.05) is 0 Å². The number of hydrogen-bond acceptors (Lipinski definition) is 3. The minimum absolute atomic E-state index is 1.09. The van der Waals surface area contributed by atoms with Crippen molar-refractivity contribution in [2.45, 2.75) is 0 Å². The Morgan fingerprint density at radius 3 is 1.12 bits per heavy atom. The van der Waals surface area contributed by atoms with Gasteiger partial charge in [0.15, 0.2) is 0 Å². The van der Waals surface area contributed by atoms with Crippen LogP contribution in [0.2, 0.25) is 0 Å². The molecule has 5 N–H and O–H groups in total. The van der Waals surface area contributed by atoms with Crippen LogP contribution in [0, 0.1) is 0 Å². The van der Waals surface area contributed by atoms with E-state index in [0.717, 1.165) is 38.2 Å². The van der Waals surface area contributed by atoms with Crippen molar-refractivity contribution in [2.24, 2.45) is 0 Å². The number of H-pyrrole nitrogens is 5. The van der Waals surface area contributed by atoms with Gasteiger partial charge in [-0.05, 0) is 30.3 Å². The molecule has 13 heteroatoms. The first kappa shape index (κ1) is 30.5. The summed E-state index contributed by atoms with van der Waals surface area (Å²) < 4.78 is 0. The number of para-hydroxylation sites is 4. The molecular weight excluding hydrogens is 691 g/mol. The Labute approximate surface area is 254 Å². The molecule has 0 aliphatic carbocycles. The summed E-state index contributed by atoms with van der Waals surface area (Å²) in [5.41, 5.74) is 4.44. The van der Waals surface area contributed by atoms with Gasteiger partial charge in [0.2, 0.25) is 6.20 Å². The van der Waals surface area contributed by atoms with Crippen molar-refractivity contribution in [1.29, 1.82) is 0 Å². The first-order valence-corrected chi connectivity index (χ1v) is 20.9. The summed E-state index contributed by atoms with van der Waals surface area (Å²) in [6, 6.07) is 32.2. The first-order chi connectivity index (χ1) is 19.9. The zero-order valence-corrected chi connectivity index (χ0v) is 26.0. The second-order valence-corrected chi connectivity index (χ2v) is 24.0. The fourth-order valence-corrected chi connectivity index (χ4v) is 3.58. The number of rotatable bonds is 0. The molecule has 0 radical (unpaired) electrons. The molecule has 0 saturated heterocycles. The third kappa shape index (κ3) is 10.5. The number of nitrogens with zero attached hydrogens (tertiary/aromatic N) is 3. The summed E-state index contributed by atoms with van der Waals surface area (Å²) in [7, 11) is 17.0. The molecule has 4 aromatic heterocycles. The van der Waals surface area contributed by atoms with Gasteiger partial charge in [0.1, 0.15) is 5.52 Å². The van der Waals surface area contributed by atoms with Gasteiger partial charge >= 0.3 is 49.6 Å². The van der Waals surface area contributed by atoms with E-state index in [9.17, 15) is 0 Å². The van der Waals surface area contributed by atoms with Gasteiger partial charge in [-0.2, -0.15) is 20.4 Å². The first-order valence-electron chi connectivity index (χ1n) is 12.0. The molecule has 41 heavy (non-hydrogen) atoms. The third-order valence-electron chi connectivity index (χ3n) is 5.44. The van der Waals surface area contributed by atoms with Gasteiger partial charge in [0.25, 0.3) is 0 Å². The van der Waals surface area contributed by atoms with Crippen molar-refractivity contribution >= 4 is 82.4 Å². The van der Waals surface area contributed by atoms with E-state index < -0.39 is 10.8 Å². The maximum Gasteiger partial charge on any atom is 0.200 e. The van der Waals surface area contributed by atoms with Crippen LogP contribution in [-0.2, 0) is 10.8 Å². The molecule has 0 fully saturated rings. The van der Waals surface area contributed by atoms with Crippen LogP contribution >= 0.6 is 38.8 Å². The number of aromatic nitrogens is 8. The number of benzene rings is 4. The van der Waals surface area contributed by atoms with E-state index in [0.29, 0.717) is 0 Å². The number of fused-ring (bicyclic) bond motifs is 4. The van der Waals surface area contributed by atoms with Crippen LogP contribution in [0.25, 0.3) is 43.6 Å². The summed E-state index contributed by atoms with van der Waals surface area (Å²) >= 11 is 0. The summed E-state index contributed by atoms with van der Waals surface area (Å²) in [6.07, 6.45) is 7.38. The summed E-state index contributed by atoms with van der Waals surface area (Å²) in [6.45, 7) is 0. The summed E-state index contributed by atoms with van der Waals surface area (Å²) in [4.78, 5) is 0. The summed E-state index contributed by atoms with van der Waals surface area (Å²) in [5.74, 6) is 0. The van der Waals surface area contributed by atoms with E-state index in [1.807, 2.05) is 116 Å². The van der Waals surface area contributed by atoms with Crippen LogP contribution in [-0.4, -0.2) is 35.7 Å². The molecule has 4 heterocycles. The van der Waals surface area contributed by atoms with Crippen LogP contribution in [0.4, 0.5) is 0 Å². The minimum Gasteiger partial charge on any atom is -0.278 e. The van der Waals surface area contributed by atoms with Gasteiger partial charge in [-0.25, -0.2) is 0 Å². The van der Waals surface area contributed by atoms with Crippen LogP contribution in [0.5, 0.6) is 0 Å². The Morgan fingerprint density at radius 2 is 0.780 bits per heavy atom. The van der Waals surface area contributed by atoms with Crippen LogP contribution in [0.1, 0.15) is 0 Å². The summed E-state index contributed by atoms with van der Waals surface area (Å²) in [5, 5.41) is 30.9. The van der Waals surface area contributed by atoms with Gasteiger partial charge in [-0.1, -0.05) is 66.7 Å². The van der Waals surface area contributed by atoms with Gasteiger partial charge < -0.3 is 0 Å². The average Bonchev–Trinajstić information content (AvgIpc) is 3.79. The maximum absolute atomic E-state index is 5.00. The molecule has 0 unspecified atom stereocenters. The third-order valence-corrected chi connectivity index (χ3v) is 5.44. The Morgan fingerprint density at radius 1 is 0.463 bits per heavy atom. The Kier molecular flexibility index (Phi) is 11.5. The molecule has 0 atom stereocenters. The van der Waals surface area contributed by atoms with Gasteiger partial charge in [-0.15, -0.1) is 5.10 Å². The number of aromatic amines is 5. The molecule has 0 amide bonds. The predicted octanol–water partition coefficient (Wildman–Crippen LogP) is 8.43. The van der Waals surface area contributed by atoms with Crippen molar-refractivity contribution in [1.82, 2.24) is 35.7 Å². The number of halogens is 4. The number of nitrogens with one attached hydrogen (secondary N) is 5. The Hall–Kier alpha value is -3.46. The van der Waals surface area contributed by atoms with Gasteiger partial charge in [-0.3, -0.25) is 15.3 Å². The van der Waals surface area contributed by atoms with Crippen molar-refractivity contribution in [3.05, 3.63) is 122 Å². The molecule has 8 nitrogen and oxygen atoms in total. The van der Waals surface area contributed by atoms with E-state index in [1.54, 1.807) is 0 Å². The quantitative estimate of drug-likeness (QED) is 0.118.